The van der Waals surface area contributed by atoms with Gasteiger partial charge in [0.25, 0.3) is 0 Å². The lowest BCUT2D eigenvalue weighted by Gasteiger charge is -2.34. The zero-order valence-electron chi connectivity index (χ0n) is 15.6. The summed E-state index contributed by atoms with van der Waals surface area (Å²) in [4.78, 5) is 12.8. The van der Waals surface area contributed by atoms with Crippen LogP contribution in [0.3, 0.4) is 0 Å². The van der Waals surface area contributed by atoms with E-state index in [2.05, 4.69) is 18.5 Å². The Morgan fingerprint density at radius 3 is 2.46 bits per heavy atom. The summed E-state index contributed by atoms with van der Waals surface area (Å²) in [6, 6.07) is 0.778. The molecule has 0 radical (unpaired) electrons. The average molecular weight is 411 g/mol. The number of carbonyl (C=O) groups is 1. The van der Waals surface area contributed by atoms with Gasteiger partial charge in [-0.3, -0.25) is 5.32 Å². The molecule has 1 aromatic rings. The molecule has 0 bridgehead atoms. The number of rotatable bonds is 9. The third kappa shape index (κ3) is 4.75. The standard InChI is InChI=1S/C21H22ClF3N2O/c1-4-6-7-16(11-28)26-12-27-13(3)17(22)8-14(5-2)21(27)20-18(24)9-15(23)10-19(20)25/h5,8-11,16,26H,2-4,6-7,12H2,1H3/t16-/m0/s1. The predicted molar refractivity (Wildman–Crippen MR) is 106 cm³/mol. The smallest absolute Gasteiger partial charge is 0.138 e. The summed E-state index contributed by atoms with van der Waals surface area (Å²) in [5, 5.41) is 3.31. The van der Waals surface area contributed by atoms with E-state index in [0.29, 0.717) is 24.1 Å². The second kappa shape index (κ2) is 9.75. The Morgan fingerprint density at radius 1 is 1.29 bits per heavy atom. The van der Waals surface area contributed by atoms with Gasteiger partial charge in [-0.2, -0.15) is 0 Å². The normalized spacial score (nSPS) is 15.5. The van der Waals surface area contributed by atoms with Gasteiger partial charge >= 0.3 is 0 Å². The van der Waals surface area contributed by atoms with Gasteiger partial charge in [-0.25, -0.2) is 13.2 Å². The topological polar surface area (TPSA) is 32.3 Å². The molecule has 28 heavy (non-hydrogen) atoms. The summed E-state index contributed by atoms with van der Waals surface area (Å²) in [6.45, 7) is 9.58. The fourth-order valence-corrected chi connectivity index (χ4v) is 3.16. The molecule has 0 spiro atoms. The van der Waals surface area contributed by atoms with Crippen molar-refractivity contribution in [1.82, 2.24) is 10.2 Å². The third-order valence-electron chi connectivity index (χ3n) is 4.44. The first kappa shape index (κ1) is 22.0. The molecule has 0 aliphatic carbocycles. The number of halogens is 4. The molecule has 1 aliphatic heterocycles. The van der Waals surface area contributed by atoms with Crippen LogP contribution in [-0.4, -0.2) is 23.9 Å². The molecule has 0 saturated carbocycles. The fraction of sp³-hybridized carbons (Fsp3) is 0.286. The molecule has 3 nitrogen and oxygen atoms in total. The molecule has 0 fully saturated rings. The second-order valence-electron chi connectivity index (χ2n) is 6.37. The number of benzene rings is 1. The maximum absolute atomic E-state index is 14.5. The maximum atomic E-state index is 14.5. The van der Waals surface area contributed by atoms with E-state index in [0.717, 1.165) is 19.1 Å². The third-order valence-corrected chi connectivity index (χ3v) is 4.76. The highest BCUT2D eigenvalue weighted by Gasteiger charge is 2.29. The predicted octanol–water partition coefficient (Wildman–Crippen LogP) is 5.26. The molecule has 2 rings (SSSR count). The largest absolute Gasteiger partial charge is 0.326 e. The molecule has 1 heterocycles. The molecular weight excluding hydrogens is 389 g/mol. The number of hydrogen-bond donors (Lipinski definition) is 1. The first-order chi connectivity index (χ1) is 13.3. The lowest BCUT2D eigenvalue weighted by molar-refractivity contribution is -0.109. The summed E-state index contributed by atoms with van der Waals surface area (Å²) in [5.74, 6) is -3.14. The Bertz CT molecular complexity index is 825. The van der Waals surface area contributed by atoms with Crippen molar-refractivity contribution in [3.8, 4) is 0 Å². The van der Waals surface area contributed by atoms with Gasteiger partial charge in [0.2, 0.25) is 0 Å². The van der Waals surface area contributed by atoms with E-state index in [4.69, 9.17) is 11.6 Å². The highest BCUT2D eigenvalue weighted by atomic mass is 35.5. The average Bonchev–Trinajstić information content (AvgIpc) is 2.65. The summed E-state index contributed by atoms with van der Waals surface area (Å²) < 4.78 is 42.4. The zero-order valence-corrected chi connectivity index (χ0v) is 16.3. The SMILES string of the molecule is C=CC1=C(c2c(F)cc(F)cc2F)N(CN[C@H](C=O)CCCC)C(=C)C(Cl)=C1. The van der Waals surface area contributed by atoms with Gasteiger partial charge in [-0.15, -0.1) is 0 Å². The van der Waals surface area contributed by atoms with E-state index >= 15 is 0 Å². The Kier molecular flexibility index (Phi) is 7.66. The van der Waals surface area contributed by atoms with Crippen LogP contribution in [0.5, 0.6) is 0 Å². The van der Waals surface area contributed by atoms with Crippen LogP contribution in [0, 0.1) is 17.5 Å². The maximum Gasteiger partial charge on any atom is 0.138 e. The van der Waals surface area contributed by atoms with E-state index in [1.54, 1.807) is 0 Å². The van der Waals surface area contributed by atoms with Crippen LogP contribution in [-0.2, 0) is 4.79 Å². The molecule has 0 unspecified atom stereocenters. The summed E-state index contributed by atoms with van der Waals surface area (Å²) >= 11 is 6.22. The van der Waals surface area contributed by atoms with Gasteiger partial charge in [-0.1, -0.05) is 50.6 Å². The van der Waals surface area contributed by atoms with Gasteiger partial charge in [0, 0.05) is 12.1 Å². The van der Waals surface area contributed by atoms with Crippen LogP contribution in [0.2, 0.25) is 0 Å². The minimum absolute atomic E-state index is 0.0267. The number of carbonyl (C=O) groups excluding carboxylic acids is 1. The Labute approximate surface area is 167 Å². The molecule has 0 aromatic heterocycles. The fourth-order valence-electron chi connectivity index (χ4n) is 2.94. The second-order valence-corrected chi connectivity index (χ2v) is 6.77. The summed E-state index contributed by atoms with van der Waals surface area (Å²) in [6.07, 6.45) is 6.06. The van der Waals surface area contributed by atoms with Crippen molar-refractivity contribution >= 4 is 23.6 Å². The quantitative estimate of drug-likeness (QED) is 0.564. The lowest BCUT2D eigenvalue weighted by Crippen LogP contribution is -2.40. The molecule has 1 atom stereocenters. The zero-order chi connectivity index (χ0) is 20.8. The number of unbranched alkanes of at least 4 members (excludes halogenated alkanes) is 1. The van der Waals surface area contributed by atoms with E-state index in [1.807, 2.05) is 6.92 Å². The van der Waals surface area contributed by atoms with Crippen LogP contribution < -0.4 is 5.32 Å². The van der Waals surface area contributed by atoms with Crippen LogP contribution >= 0.6 is 11.6 Å². The Hall–Kier alpha value is -2.31. The van der Waals surface area contributed by atoms with Crippen molar-refractivity contribution < 1.29 is 18.0 Å². The van der Waals surface area contributed by atoms with Gasteiger partial charge < -0.3 is 9.69 Å². The van der Waals surface area contributed by atoms with Crippen molar-refractivity contribution in [2.75, 3.05) is 6.67 Å². The van der Waals surface area contributed by atoms with Crippen molar-refractivity contribution in [1.29, 1.82) is 0 Å². The molecule has 1 aliphatic rings. The number of hydrogen-bond acceptors (Lipinski definition) is 3. The minimum Gasteiger partial charge on any atom is -0.326 e. The van der Waals surface area contributed by atoms with Crippen molar-refractivity contribution in [3.63, 3.8) is 0 Å². The molecule has 7 heteroatoms. The minimum atomic E-state index is -1.06. The van der Waals surface area contributed by atoms with E-state index < -0.39 is 29.1 Å². The molecular formula is C21H22ClF3N2O. The van der Waals surface area contributed by atoms with Crippen LogP contribution in [0.1, 0.15) is 31.7 Å². The molecule has 150 valence electrons. The molecule has 0 amide bonds. The van der Waals surface area contributed by atoms with Crippen molar-refractivity contribution in [3.05, 3.63) is 76.8 Å². The van der Waals surface area contributed by atoms with E-state index in [9.17, 15) is 18.0 Å². The molecule has 1 aromatic carbocycles. The highest BCUT2D eigenvalue weighted by Crippen LogP contribution is 2.38. The van der Waals surface area contributed by atoms with Crippen molar-refractivity contribution in [2.45, 2.75) is 32.2 Å². The van der Waals surface area contributed by atoms with Gasteiger partial charge in [-0.05, 0) is 18.1 Å². The van der Waals surface area contributed by atoms with E-state index in [1.165, 1.54) is 17.1 Å². The number of aldehydes is 1. The summed E-state index contributed by atoms with van der Waals surface area (Å²) in [7, 11) is 0. The first-order valence-corrected chi connectivity index (χ1v) is 9.26. The number of allylic oxidation sites excluding steroid dienone is 4. The van der Waals surface area contributed by atoms with Gasteiger partial charge in [0.1, 0.15) is 23.7 Å². The lowest BCUT2D eigenvalue weighted by atomic mass is 9.99. The van der Waals surface area contributed by atoms with Gasteiger partial charge in [0.05, 0.1) is 34.7 Å². The molecule has 1 N–H and O–H groups in total. The van der Waals surface area contributed by atoms with E-state index in [-0.39, 0.29) is 23.1 Å². The van der Waals surface area contributed by atoms with Crippen LogP contribution in [0.4, 0.5) is 13.2 Å². The van der Waals surface area contributed by atoms with Crippen LogP contribution in [0.25, 0.3) is 5.70 Å². The number of nitrogens with zero attached hydrogens (tertiary/aromatic N) is 1. The van der Waals surface area contributed by atoms with Crippen LogP contribution in [0.15, 0.2) is 53.7 Å². The number of nitrogens with one attached hydrogen (secondary N) is 1. The molecule has 0 saturated heterocycles. The summed E-state index contributed by atoms with van der Waals surface area (Å²) in [5.41, 5.74) is 0.320. The Morgan fingerprint density at radius 2 is 1.93 bits per heavy atom. The first-order valence-electron chi connectivity index (χ1n) is 8.88. The van der Waals surface area contributed by atoms with Crippen molar-refractivity contribution in [2.24, 2.45) is 0 Å². The Balaban J connectivity index is 2.49. The monoisotopic (exact) mass is 410 g/mol. The highest BCUT2D eigenvalue weighted by molar-refractivity contribution is 6.32. The van der Waals surface area contributed by atoms with Gasteiger partial charge in [0.15, 0.2) is 0 Å².